The molecule has 2 saturated heterocycles. The van der Waals surface area contributed by atoms with Gasteiger partial charge < -0.3 is 24.6 Å². The number of amides is 1. The Labute approximate surface area is 236 Å². The van der Waals surface area contributed by atoms with Crippen molar-refractivity contribution in [3.05, 3.63) is 42.3 Å². The molecule has 41 heavy (non-hydrogen) atoms. The molecule has 1 amide bonds. The molecule has 1 saturated carbocycles. The normalized spacial score (nSPS) is 19.9. The Morgan fingerprint density at radius 3 is 2.39 bits per heavy atom. The van der Waals surface area contributed by atoms with Crippen molar-refractivity contribution in [2.45, 2.75) is 44.4 Å². The summed E-state index contributed by atoms with van der Waals surface area (Å²) in [5.41, 5.74) is 2.48. The Kier molecular flexibility index (Phi) is 7.05. The van der Waals surface area contributed by atoms with Gasteiger partial charge in [-0.2, -0.15) is 0 Å². The number of benzene rings is 1. The summed E-state index contributed by atoms with van der Waals surface area (Å²) in [7, 11) is -3.73. The molecule has 3 N–H and O–H groups in total. The van der Waals surface area contributed by atoms with Crippen LogP contribution < -0.4 is 19.8 Å². The number of nitrogens with zero attached hydrogens (tertiary/aromatic N) is 3. The highest BCUT2D eigenvalue weighted by Gasteiger charge is 2.44. The summed E-state index contributed by atoms with van der Waals surface area (Å²) < 4.78 is 60.3. The Hall–Kier alpha value is -3.45. The largest absolute Gasteiger partial charge is 0.460 e. The quantitative estimate of drug-likeness (QED) is 0.352. The molecule has 0 atom stereocenters. The van der Waals surface area contributed by atoms with Crippen molar-refractivity contribution in [1.82, 2.24) is 4.98 Å². The number of nitrogens with one attached hydrogen (secondary N) is 2. The number of hydrogen-bond acceptors (Lipinski definition) is 8. The van der Waals surface area contributed by atoms with E-state index >= 15 is 0 Å². The molecule has 2 aromatic heterocycles. The number of piperidine rings is 2. The summed E-state index contributed by atoms with van der Waals surface area (Å²) in [6, 6.07) is 8.21. The molecule has 0 bridgehead atoms. The fraction of sp³-hybridized carbons (Fsp3) is 0.500. The lowest BCUT2D eigenvalue weighted by atomic mass is 9.93. The van der Waals surface area contributed by atoms with Crippen LogP contribution in [0.15, 0.2) is 41.0 Å². The van der Waals surface area contributed by atoms with Crippen LogP contribution in [0, 0.1) is 5.41 Å². The van der Waals surface area contributed by atoms with E-state index in [1.165, 1.54) is 19.1 Å². The van der Waals surface area contributed by atoms with E-state index in [4.69, 9.17) is 9.52 Å². The fourth-order valence-electron chi connectivity index (χ4n) is 5.73. The number of aromatic nitrogens is 1. The van der Waals surface area contributed by atoms with Crippen molar-refractivity contribution < 1.29 is 31.5 Å². The second-order valence-corrected chi connectivity index (χ2v) is 13.2. The predicted octanol–water partition coefficient (Wildman–Crippen LogP) is 4.43. The third-order valence-corrected chi connectivity index (χ3v) is 9.71. The van der Waals surface area contributed by atoms with Gasteiger partial charge in [-0.1, -0.05) is 0 Å². The molecule has 10 nitrogen and oxygen atoms in total. The summed E-state index contributed by atoms with van der Waals surface area (Å²) in [5.74, 6) is -3.28. The highest BCUT2D eigenvalue weighted by Crippen LogP contribution is 2.54. The Balaban J connectivity index is 1.29. The first-order chi connectivity index (χ1) is 19.6. The van der Waals surface area contributed by atoms with Gasteiger partial charge in [-0.3, -0.25) is 9.52 Å². The van der Waals surface area contributed by atoms with Crippen LogP contribution in [0.4, 0.5) is 31.7 Å². The number of sulfonamides is 1. The van der Waals surface area contributed by atoms with Gasteiger partial charge in [0.25, 0.3) is 11.8 Å². The zero-order chi connectivity index (χ0) is 28.8. The van der Waals surface area contributed by atoms with Crippen LogP contribution in [0.5, 0.6) is 0 Å². The van der Waals surface area contributed by atoms with E-state index in [0.29, 0.717) is 39.3 Å². The highest BCUT2D eigenvalue weighted by atomic mass is 32.2. The van der Waals surface area contributed by atoms with Crippen LogP contribution in [0.1, 0.15) is 49.0 Å². The lowest BCUT2D eigenvalue weighted by Gasteiger charge is -2.35. The van der Waals surface area contributed by atoms with E-state index in [2.05, 4.69) is 19.9 Å². The average molecular weight is 590 g/mol. The van der Waals surface area contributed by atoms with Crippen LogP contribution in [0.2, 0.25) is 0 Å². The number of furan rings is 1. The molecule has 13 heteroatoms. The number of alkyl halides is 2. The third-order valence-electron chi connectivity index (χ3n) is 8.45. The second kappa shape index (κ2) is 10.4. The number of anilines is 4. The zero-order valence-electron chi connectivity index (χ0n) is 22.5. The number of carbonyl (C=O) groups excluding carboxylic acids is 1. The first-order valence-electron chi connectivity index (χ1n) is 13.9. The zero-order valence-corrected chi connectivity index (χ0v) is 23.4. The topological polar surface area (TPSA) is 128 Å². The predicted molar refractivity (Wildman–Crippen MR) is 152 cm³/mol. The molecule has 3 aromatic rings. The molecule has 220 valence electrons. The molecule has 1 aliphatic carbocycles. The van der Waals surface area contributed by atoms with Crippen molar-refractivity contribution in [2.75, 3.05) is 58.4 Å². The van der Waals surface area contributed by atoms with E-state index in [1.54, 1.807) is 35.2 Å². The summed E-state index contributed by atoms with van der Waals surface area (Å²) in [5, 5.41) is 12.7. The van der Waals surface area contributed by atoms with Crippen LogP contribution >= 0.6 is 0 Å². The van der Waals surface area contributed by atoms with E-state index in [0.717, 1.165) is 25.9 Å². The Morgan fingerprint density at radius 1 is 1.00 bits per heavy atom. The molecule has 3 aliphatic rings. The summed E-state index contributed by atoms with van der Waals surface area (Å²) in [4.78, 5) is 22.0. The van der Waals surface area contributed by atoms with Gasteiger partial charge in [-0.25, -0.2) is 22.2 Å². The number of pyridine rings is 1. The van der Waals surface area contributed by atoms with E-state index in [-0.39, 0.29) is 31.6 Å². The van der Waals surface area contributed by atoms with Gasteiger partial charge in [-0.15, -0.1) is 0 Å². The summed E-state index contributed by atoms with van der Waals surface area (Å²) in [6.45, 7) is 1.24. The number of aliphatic hydroxyl groups is 1. The number of carbonyl (C=O) groups is 1. The van der Waals surface area contributed by atoms with Crippen molar-refractivity contribution in [2.24, 2.45) is 5.41 Å². The van der Waals surface area contributed by atoms with E-state index < -0.39 is 34.2 Å². The van der Waals surface area contributed by atoms with Crippen molar-refractivity contribution in [1.29, 1.82) is 0 Å². The van der Waals surface area contributed by atoms with Crippen LogP contribution in [-0.2, 0) is 10.0 Å². The average Bonchev–Trinajstić information content (AvgIpc) is 3.50. The second-order valence-electron chi connectivity index (χ2n) is 11.3. The molecule has 2 aliphatic heterocycles. The van der Waals surface area contributed by atoms with Crippen LogP contribution in [0.3, 0.4) is 0 Å². The molecule has 0 unspecified atom stereocenters. The van der Waals surface area contributed by atoms with Crippen LogP contribution in [0.25, 0.3) is 11.0 Å². The standard InChI is InChI=1S/C28H33F2N5O5S/c29-28(30)8-12-35(13-9-28)25-24-19(3-15-40-24)17-22(31-25)26(37)32-21-2-1-20(33-41(38,39)16-14-36)18-23(21)34-10-6-27(4-5-27)7-11-34/h1-3,15,17-18,33,36H,4-14,16H2,(H,32,37). The van der Waals surface area contributed by atoms with Gasteiger partial charge in [0.05, 0.1) is 35.7 Å². The number of aliphatic hydroxyl groups excluding tert-OH is 1. The lowest BCUT2D eigenvalue weighted by Crippen LogP contribution is -2.40. The first-order valence-corrected chi connectivity index (χ1v) is 15.5. The Bertz CT molecular complexity index is 1550. The van der Waals surface area contributed by atoms with E-state index in [1.807, 2.05) is 0 Å². The van der Waals surface area contributed by atoms with Gasteiger partial charge in [0.2, 0.25) is 10.0 Å². The SMILES string of the molecule is O=C(Nc1ccc(NS(=O)(=O)CCO)cc1N1CCC2(CC1)CC2)c1cc2ccoc2c(N2CCC(F)(F)CC2)n1. The fourth-order valence-corrected chi connectivity index (χ4v) is 6.56. The highest BCUT2D eigenvalue weighted by molar-refractivity contribution is 7.92. The molecule has 1 aromatic carbocycles. The minimum Gasteiger partial charge on any atom is -0.460 e. The van der Waals surface area contributed by atoms with E-state index in [9.17, 15) is 22.0 Å². The molecule has 3 fully saturated rings. The maximum Gasteiger partial charge on any atom is 0.274 e. The smallest absolute Gasteiger partial charge is 0.274 e. The maximum absolute atomic E-state index is 13.8. The van der Waals surface area contributed by atoms with Crippen LogP contribution in [-0.4, -0.2) is 68.9 Å². The summed E-state index contributed by atoms with van der Waals surface area (Å²) in [6.07, 6.45) is 5.38. The lowest BCUT2D eigenvalue weighted by molar-refractivity contribution is -0.0221. The summed E-state index contributed by atoms with van der Waals surface area (Å²) >= 11 is 0. The molecular formula is C28H33F2N5O5S. The third kappa shape index (κ3) is 5.96. The van der Waals surface area contributed by atoms with Gasteiger partial charge in [0.15, 0.2) is 11.4 Å². The van der Waals surface area contributed by atoms with Gasteiger partial charge in [-0.05, 0) is 61.4 Å². The number of hydrogen-bond donors (Lipinski definition) is 3. The molecule has 1 spiro atoms. The van der Waals surface area contributed by atoms with Crippen molar-refractivity contribution in [3.8, 4) is 0 Å². The van der Waals surface area contributed by atoms with Gasteiger partial charge in [0, 0.05) is 44.4 Å². The Morgan fingerprint density at radius 2 is 1.71 bits per heavy atom. The minimum absolute atomic E-state index is 0.0924. The maximum atomic E-state index is 13.8. The van der Waals surface area contributed by atoms with Crippen molar-refractivity contribution >= 4 is 49.8 Å². The molecule has 0 radical (unpaired) electrons. The first kappa shape index (κ1) is 27.7. The number of fused-ring (bicyclic) bond motifs is 1. The van der Waals surface area contributed by atoms with Gasteiger partial charge in [0.1, 0.15) is 5.69 Å². The monoisotopic (exact) mass is 589 g/mol. The van der Waals surface area contributed by atoms with Crippen molar-refractivity contribution in [3.63, 3.8) is 0 Å². The van der Waals surface area contributed by atoms with Gasteiger partial charge >= 0.3 is 0 Å². The number of rotatable bonds is 8. The molecule has 6 rings (SSSR count). The molecular weight excluding hydrogens is 556 g/mol. The molecule has 4 heterocycles. The minimum atomic E-state index is -3.73. The number of halogens is 2.